The molecule has 37 heavy (non-hydrogen) atoms. The van der Waals surface area contributed by atoms with Crippen molar-refractivity contribution in [1.82, 2.24) is 4.98 Å². The molecule has 5 N–H and O–H groups in total. The molecular weight excluding hydrogens is 646 g/mol. The van der Waals surface area contributed by atoms with Crippen LogP contribution in [0, 0.1) is 0 Å². The van der Waals surface area contributed by atoms with Crippen LogP contribution in [-0.2, 0) is 8.53 Å². The van der Waals surface area contributed by atoms with E-state index < -0.39 is 48.6 Å². The van der Waals surface area contributed by atoms with Gasteiger partial charge in [-0.2, -0.15) is 0 Å². The third-order valence-electron chi connectivity index (χ3n) is 6.15. The molecule has 1 aromatic carbocycles. The van der Waals surface area contributed by atoms with E-state index in [0.29, 0.717) is 0 Å². The first-order chi connectivity index (χ1) is 17.4. The van der Waals surface area contributed by atoms with Crippen LogP contribution in [0.25, 0.3) is 0 Å². The Morgan fingerprint density at radius 2 is 1.49 bits per heavy atom. The number of phenols is 1. The maximum absolute atomic E-state index is 11.3. The number of anilines is 1. The summed E-state index contributed by atoms with van der Waals surface area (Å²) in [4.78, 5) is 26.5. The fourth-order valence-corrected chi connectivity index (χ4v) is 21.0. The first-order valence-electron chi connectivity index (χ1n) is 12.8. The fraction of sp³-hybridized carbons (Fsp3) is 0.500. The Morgan fingerprint density at radius 1 is 0.946 bits per heavy atom. The fourth-order valence-electron chi connectivity index (χ4n) is 4.20. The summed E-state index contributed by atoms with van der Waals surface area (Å²) >= 11 is -7.66. The van der Waals surface area contributed by atoms with Crippen LogP contribution in [0.15, 0.2) is 36.4 Å². The summed E-state index contributed by atoms with van der Waals surface area (Å²) in [5.41, 5.74) is 0.510. The first kappa shape index (κ1) is 33.2. The van der Waals surface area contributed by atoms with Gasteiger partial charge in [0.25, 0.3) is 0 Å². The molecule has 9 nitrogen and oxygen atoms in total. The van der Waals surface area contributed by atoms with Crippen molar-refractivity contribution < 1.29 is 31.7 Å². The first-order valence-corrected chi connectivity index (χ1v) is 23.6. The molecule has 11 heteroatoms. The summed E-state index contributed by atoms with van der Waals surface area (Å²) in [6.07, 6.45) is 7.45. The number of aromatic nitrogens is 1. The minimum absolute atomic E-state index is 0.225. The molecule has 1 amide bonds. The Bertz CT molecular complexity index is 1050. The number of phenolic OH excluding ortho intramolecular Hbond substituents is 1. The number of hydrogen-bond donors (Lipinski definition) is 5. The van der Waals surface area contributed by atoms with Gasteiger partial charge < -0.3 is 0 Å². The minimum atomic E-state index is -5.09. The third-order valence-corrected chi connectivity index (χ3v) is 23.4. The standard InChI is InChI=1S/C8H10AsNO5.C6H4NO2.3C4H9.Sn/c1-5(11)10-6-2-3-7(8(12)4-6)9(13,14)15;8-6(9)5-3-1-2-4-7-5;3*1-3-4-2;/h2-4,12H,1H3,(H,10,11)(H2,13,14,15);1-3H,(H,8,9);3*1,3-4H2,2H3;. The van der Waals surface area contributed by atoms with Crippen LogP contribution < -0.4 is 13.4 Å². The van der Waals surface area contributed by atoms with Gasteiger partial charge in [0, 0.05) is 0 Å². The number of aromatic carboxylic acids is 1. The number of hydrogen-bond acceptors (Lipinski definition) is 5. The normalized spacial score (nSPS) is 11.4. The van der Waals surface area contributed by atoms with Gasteiger partial charge in [-0.3, -0.25) is 0 Å². The second-order valence-corrected chi connectivity index (χ2v) is 25.6. The topological polar surface area (TPSA) is 157 Å². The van der Waals surface area contributed by atoms with Crippen molar-refractivity contribution in [1.29, 1.82) is 0 Å². The average molecular weight is 687 g/mol. The zero-order chi connectivity index (χ0) is 28.1. The van der Waals surface area contributed by atoms with Crippen LogP contribution >= 0.6 is 0 Å². The molecule has 0 saturated carbocycles. The molecule has 0 spiro atoms. The number of unbranched alkanes of at least 4 members (excludes halogenated alkanes) is 3. The predicted molar refractivity (Wildman–Crippen MR) is 149 cm³/mol. The van der Waals surface area contributed by atoms with E-state index in [0.717, 1.165) is 12.1 Å². The van der Waals surface area contributed by atoms with Crippen molar-refractivity contribution >= 4 is 58.2 Å². The second kappa shape index (κ2) is 16.2. The number of carbonyl (C=O) groups is 2. The summed E-state index contributed by atoms with van der Waals surface area (Å²) in [6.45, 7) is 8.03. The third kappa shape index (κ3) is 11.2. The molecule has 0 atom stereocenters. The van der Waals surface area contributed by atoms with Gasteiger partial charge in [0.1, 0.15) is 0 Å². The Hall–Kier alpha value is -1.81. The molecule has 0 saturated heterocycles. The van der Waals surface area contributed by atoms with Gasteiger partial charge in [-0.1, -0.05) is 0 Å². The molecule has 0 aliphatic carbocycles. The summed E-state index contributed by atoms with van der Waals surface area (Å²) in [5.74, 6) is -1.75. The van der Waals surface area contributed by atoms with Gasteiger partial charge in [-0.05, 0) is 0 Å². The molecule has 1 aromatic heterocycles. The number of carboxylic acid groups (broad SMARTS) is 1. The van der Waals surface area contributed by atoms with E-state index in [1.54, 1.807) is 6.07 Å². The molecule has 1 heterocycles. The van der Waals surface area contributed by atoms with E-state index >= 15 is 0 Å². The molecular formula is C26H41AsN2O7Sn. The number of rotatable bonds is 13. The van der Waals surface area contributed by atoms with Crippen molar-refractivity contribution in [2.24, 2.45) is 0 Å². The summed E-state index contributed by atoms with van der Waals surface area (Å²) in [6, 6.07) is 9.17. The number of carbonyl (C=O) groups excluding carboxylic acids is 1. The summed E-state index contributed by atoms with van der Waals surface area (Å²) < 4.78 is 33.4. The van der Waals surface area contributed by atoms with E-state index in [2.05, 4.69) is 37.1 Å². The van der Waals surface area contributed by atoms with Crippen molar-refractivity contribution in [3.05, 3.63) is 42.1 Å². The molecule has 0 bridgehead atoms. The summed E-state index contributed by atoms with van der Waals surface area (Å²) in [7, 11) is 0. The molecule has 2 rings (SSSR count). The second-order valence-electron chi connectivity index (χ2n) is 9.23. The van der Waals surface area contributed by atoms with Crippen LogP contribution in [0.1, 0.15) is 76.7 Å². The van der Waals surface area contributed by atoms with Crippen molar-refractivity contribution in [3.63, 3.8) is 0 Å². The van der Waals surface area contributed by atoms with Gasteiger partial charge in [0.05, 0.1) is 0 Å². The van der Waals surface area contributed by atoms with Crippen LogP contribution in [0.4, 0.5) is 5.69 Å². The maximum atomic E-state index is 11.3. The van der Waals surface area contributed by atoms with Crippen LogP contribution in [-0.4, -0.2) is 67.8 Å². The molecule has 0 fully saturated rings. The SMILES string of the molecule is CC(=O)Nc1ccc([As](=O)(O)O)c(O)c1.CCC[CH2][Sn]([CH2]CCC)([CH2]CCC)[c]1cccc(C(=O)O)n1. The number of nitrogens with zero attached hydrogens (tertiary/aromatic N) is 1. The van der Waals surface area contributed by atoms with Crippen LogP contribution in [0.2, 0.25) is 13.3 Å². The molecule has 0 unspecified atom stereocenters. The van der Waals surface area contributed by atoms with E-state index in [-0.39, 0.29) is 17.3 Å². The average Bonchev–Trinajstić information content (AvgIpc) is 2.83. The van der Waals surface area contributed by atoms with Crippen molar-refractivity contribution in [2.75, 3.05) is 5.32 Å². The number of carboxylic acids is 1. The Morgan fingerprint density at radius 3 is 1.89 bits per heavy atom. The van der Waals surface area contributed by atoms with Crippen LogP contribution in [0.3, 0.4) is 0 Å². The van der Waals surface area contributed by atoms with E-state index in [1.807, 2.05) is 6.07 Å². The number of pyridine rings is 1. The van der Waals surface area contributed by atoms with Gasteiger partial charge in [0.2, 0.25) is 0 Å². The monoisotopic (exact) mass is 688 g/mol. The summed E-state index contributed by atoms with van der Waals surface area (Å²) in [5, 5.41) is 21.0. The van der Waals surface area contributed by atoms with Gasteiger partial charge >= 0.3 is 228 Å². The van der Waals surface area contributed by atoms with Gasteiger partial charge in [-0.15, -0.1) is 0 Å². The van der Waals surface area contributed by atoms with Crippen molar-refractivity contribution in [2.45, 2.75) is 79.5 Å². The Balaban J connectivity index is 0.000000397. The van der Waals surface area contributed by atoms with Crippen molar-refractivity contribution in [3.8, 4) is 5.75 Å². The number of aromatic hydroxyl groups is 1. The zero-order valence-corrected chi connectivity index (χ0v) is 27.0. The van der Waals surface area contributed by atoms with E-state index in [4.69, 9.17) is 8.19 Å². The number of benzene rings is 1. The molecule has 206 valence electrons. The van der Waals surface area contributed by atoms with E-state index in [9.17, 15) is 23.5 Å². The molecule has 0 aliphatic heterocycles. The quantitative estimate of drug-likeness (QED) is 0.200. The molecule has 0 aliphatic rings. The van der Waals surface area contributed by atoms with E-state index in [1.165, 1.54) is 68.5 Å². The van der Waals surface area contributed by atoms with Gasteiger partial charge in [0.15, 0.2) is 0 Å². The Labute approximate surface area is 226 Å². The molecule has 0 radical (unpaired) electrons. The predicted octanol–water partition coefficient (Wildman–Crippen LogP) is 3.75. The number of nitrogens with one attached hydrogen (secondary N) is 1. The van der Waals surface area contributed by atoms with Crippen LogP contribution in [0.5, 0.6) is 5.75 Å². The van der Waals surface area contributed by atoms with Gasteiger partial charge in [-0.25, -0.2) is 0 Å². The number of amides is 1. The zero-order valence-electron chi connectivity index (χ0n) is 22.2. The molecule has 2 aromatic rings. The Kier molecular flexibility index (Phi) is 14.6.